The van der Waals surface area contributed by atoms with Gasteiger partial charge in [-0.3, -0.25) is 0 Å². The second-order valence-corrected chi connectivity index (χ2v) is 6.20. The number of anilines is 1. The number of carboxylic acids is 1. The smallest absolute Gasteiger partial charge is 0.337 e. The Morgan fingerprint density at radius 1 is 1.38 bits per heavy atom. The molecule has 1 atom stereocenters. The van der Waals surface area contributed by atoms with Crippen molar-refractivity contribution >= 4 is 17.7 Å². The van der Waals surface area contributed by atoms with E-state index in [9.17, 15) is 14.0 Å². The van der Waals surface area contributed by atoms with Crippen LogP contribution in [0.5, 0.6) is 0 Å². The zero-order valence-electron chi connectivity index (χ0n) is 12.1. The van der Waals surface area contributed by atoms with Crippen molar-refractivity contribution in [3.8, 4) is 0 Å². The average molecular weight is 294 g/mol. The molecule has 1 unspecified atom stereocenters. The number of benzene rings is 1. The van der Waals surface area contributed by atoms with Crippen LogP contribution in [0.1, 0.15) is 43.5 Å². The molecule has 114 valence electrons. The minimum atomic E-state index is -1.22. The summed E-state index contributed by atoms with van der Waals surface area (Å²) in [5.74, 6) is -1.82. The van der Waals surface area contributed by atoms with Gasteiger partial charge in [0.05, 0.1) is 11.3 Å². The summed E-state index contributed by atoms with van der Waals surface area (Å²) in [6.45, 7) is 4.28. The van der Waals surface area contributed by atoms with Gasteiger partial charge in [0.15, 0.2) is 0 Å². The topological polar surface area (TPSA) is 78.4 Å². The maximum absolute atomic E-state index is 13.2. The number of nitrogens with one attached hydrogen (secondary N) is 2. The van der Waals surface area contributed by atoms with Gasteiger partial charge < -0.3 is 15.7 Å². The molecule has 1 aromatic carbocycles. The van der Waals surface area contributed by atoms with Gasteiger partial charge in [-0.2, -0.15) is 0 Å². The van der Waals surface area contributed by atoms with Gasteiger partial charge in [0.2, 0.25) is 0 Å². The van der Waals surface area contributed by atoms with Crippen molar-refractivity contribution in [2.45, 2.75) is 39.2 Å². The molecule has 1 fully saturated rings. The highest BCUT2D eigenvalue weighted by Gasteiger charge is 2.31. The summed E-state index contributed by atoms with van der Waals surface area (Å²) in [5.41, 5.74) is 0.0128. The highest BCUT2D eigenvalue weighted by molar-refractivity contribution is 6.00. The largest absolute Gasteiger partial charge is 0.478 e. The summed E-state index contributed by atoms with van der Waals surface area (Å²) in [6, 6.07) is 2.73. The van der Waals surface area contributed by atoms with E-state index < -0.39 is 17.8 Å². The van der Waals surface area contributed by atoms with E-state index in [1.54, 1.807) is 0 Å². The lowest BCUT2D eigenvalue weighted by atomic mass is 9.92. The molecule has 3 N–H and O–H groups in total. The van der Waals surface area contributed by atoms with Crippen molar-refractivity contribution < 1.29 is 19.1 Å². The Balaban J connectivity index is 2.03. The molecule has 2 amide bonds. The molecule has 1 aromatic rings. The second kappa shape index (κ2) is 5.71. The third-order valence-corrected chi connectivity index (χ3v) is 3.76. The normalized spacial score (nSPS) is 20.0. The Bertz CT molecular complexity index is 572. The van der Waals surface area contributed by atoms with Gasteiger partial charge in [0, 0.05) is 6.04 Å². The van der Waals surface area contributed by atoms with E-state index in [2.05, 4.69) is 24.5 Å². The molecular weight excluding hydrogens is 275 g/mol. The van der Waals surface area contributed by atoms with Gasteiger partial charge in [0.25, 0.3) is 0 Å². The van der Waals surface area contributed by atoms with Crippen LogP contribution in [-0.2, 0) is 0 Å². The number of urea groups is 1. The van der Waals surface area contributed by atoms with Crippen LogP contribution in [0.25, 0.3) is 0 Å². The average Bonchev–Trinajstić information content (AvgIpc) is 2.67. The lowest BCUT2D eigenvalue weighted by Gasteiger charge is -2.18. The number of hydrogen-bond donors (Lipinski definition) is 3. The van der Waals surface area contributed by atoms with E-state index in [0.717, 1.165) is 37.5 Å². The minimum Gasteiger partial charge on any atom is -0.478 e. The predicted molar refractivity (Wildman–Crippen MR) is 76.9 cm³/mol. The first-order valence-corrected chi connectivity index (χ1v) is 6.87. The van der Waals surface area contributed by atoms with E-state index in [1.165, 1.54) is 0 Å². The maximum atomic E-state index is 13.2. The zero-order valence-corrected chi connectivity index (χ0v) is 12.1. The molecule has 0 spiro atoms. The molecule has 6 heteroatoms. The van der Waals surface area contributed by atoms with Crippen molar-refractivity contribution in [2.24, 2.45) is 5.41 Å². The molecule has 0 aliphatic heterocycles. The van der Waals surface area contributed by atoms with Crippen molar-refractivity contribution in [3.05, 3.63) is 29.6 Å². The number of carbonyl (C=O) groups excluding carboxylic acids is 1. The quantitative estimate of drug-likeness (QED) is 0.801. The fourth-order valence-corrected chi connectivity index (χ4v) is 2.71. The Morgan fingerprint density at radius 3 is 2.67 bits per heavy atom. The highest BCUT2D eigenvalue weighted by atomic mass is 19.1. The highest BCUT2D eigenvalue weighted by Crippen LogP contribution is 2.36. The van der Waals surface area contributed by atoms with E-state index in [1.807, 2.05) is 0 Å². The monoisotopic (exact) mass is 294 g/mol. The summed E-state index contributed by atoms with van der Waals surface area (Å²) in [7, 11) is 0. The first kappa shape index (κ1) is 15.3. The maximum Gasteiger partial charge on any atom is 0.337 e. The molecule has 5 nitrogen and oxygen atoms in total. The van der Waals surface area contributed by atoms with Gasteiger partial charge in [-0.05, 0) is 42.9 Å². The van der Waals surface area contributed by atoms with Gasteiger partial charge in [0.1, 0.15) is 5.82 Å². The standard InChI is InChI=1S/C15H19FN2O3/c1-15(2)6-5-10(8-15)17-14(21)18-12-7-9(16)3-4-11(12)13(19)20/h3-4,7,10H,5-6,8H2,1-2H3,(H,19,20)(H2,17,18,21). The molecule has 2 rings (SSSR count). The van der Waals surface area contributed by atoms with Gasteiger partial charge >= 0.3 is 12.0 Å². The Kier molecular flexibility index (Phi) is 4.16. The van der Waals surface area contributed by atoms with Gasteiger partial charge in [-0.25, -0.2) is 14.0 Å². The van der Waals surface area contributed by atoms with Crippen molar-refractivity contribution in [2.75, 3.05) is 5.32 Å². The summed E-state index contributed by atoms with van der Waals surface area (Å²) in [4.78, 5) is 23.0. The van der Waals surface area contributed by atoms with E-state index in [0.29, 0.717) is 0 Å². The molecular formula is C15H19FN2O3. The van der Waals surface area contributed by atoms with Crippen molar-refractivity contribution in [1.29, 1.82) is 0 Å². The minimum absolute atomic E-state index is 0.0442. The molecule has 0 aromatic heterocycles. The molecule has 1 aliphatic rings. The van der Waals surface area contributed by atoms with Gasteiger partial charge in [-0.1, -0.05) is 13.8 Å². The molecule has 21 heavy (non-hydrogen) atoms. The van der Waals surface area contributed by atoms with Crippen LogP contribution >= 0.6 is 0 Å². The zero-order chi connectivity index (χ0) is 15.6. The lowest BCUT2D eigenvalue weighted by Crippen LogP contribution is -2.37. The van der Waals surface area contributed by atoms with Crippen LogP contribution in [0.3, 0.4) is 0 Å². The predicted octanol–water partition coefficient (Wildman–Crippen LogP) is 3.22. The number of aromatic carboxylic acids is 1. The summed E-state index contributed by atoms with van der Waals surface area (Å²) >= 11 is 0. The summed E-state index contributed by atoms with van der Waals surface area (Å²) < 4.78 is 13.2. The third-order valence-electron chi connectivity index (χ3n) is 3.76. The Labute approximate surface area is 122 Å². The van der Waals surface area contributed by atoms with E-state index in [-0.39, 0.29) is 22.7 Å². The SMILES string of the molecule is CC1(C)CCC(NC(=O)Nc2cc(F)ccc2C(=O)O)C1. The molecule has 0 heterocycles. The van der Waals surface area contributed by atoms with Crippen LogP contribution in [0, 0.1) is 11.2 Å². The van der Waals surface area contributed by atoms with E-state index in [4.69, 9.17) is 5.11 Å². The van der Waals surface area contributed by atoms with Crippen LogP contribution in [-0.4, -0.2) is 23.1 Å². The molecule has 0 bridgehead atoms. The first-order valence-electron chi connectivity index (χ1n) is 6.87. The molecule has 0 radical (unpaired) electrons. The summed E-state index contributed by atoms with van der Waals surface area (Å²) in [5, 5.41) is 14.2. The molecule has 1 saturated carbocycles. The Hall–Kier alpha value is -2.11. The van der Waals surface area contributed by atoms with Crippen LogP contribution in [0.15, 0.2) is 18.2 Å². The van der Waals surface area contributed by atoms with Crippen molar-refractivity contribution in [3.63, 3.8) is 0 Å². The van der Waals surface area contributed by atoms with Crippen LogP contribution in [0.4, 0.5) is 14.9 Å². The number of carbonyl (C=O) groups is 2. The number of rotatable bonds is 3. The van der Waals surface area contributed by atoms with Crippen molar-refractivity contribution in [1.82, 2.24) is 5.32 Å². The molecule has 1 aliphatic carbocycles. The molecule has 0 saturated heterocycles. The fourth-order valence-electron chi connectivity index (χ4n) is 2.71. The summed E-state index contributed by atoms with van der Waals surface area (Å²) in [6.07, 6.45) is 2.78. The number of amides is 2. The fraction of sp³-hybridized carbons (Fsp3) is 0.467. The van der Waals surface area contributed by atoms with Crippen LogP contribution in [0.2, 0.25) is 0 Å². The third kappa shape index (κ3) is 3.93. The lowest BCUT2D eigenvalue weighted by molar-refractivity contribution is 0.0698. The number of halogens is 1. The second-order valence-electron chi connectivity index (χ2n) is 6.20. The van der Waals surface area contributed by atoms with E-state index >= 15 is 0 Å². The van der Waals surface area contributed by atoms with Crippen LogP contribution < -0.4 is 10.6 Å². The number of carboxylic acid groups (broad SMARTS) is 1. The van der Waals surface area contributed by atoms with Gasteiger partial charge in [-0.15, -0.1) is 0 Å². The first-order chi connectivity index (χ1) is 9.77. The number of hydrogen-bond acceptors (Lipinski definition) is 2. The Morgan fingerprint density at radius 2 is 2.10 bits per heavy atom.